The molecule has 15 atom stereocenters. The normalized spacial score (nSPS) is 39.0. The third kappa shape index (κ3) is 16.2. The number of piperidine rings is 1. The molecule has 1 aliphatic carbocycles. The number of carbonyl (C=O) groups is 5. The van der Waals surface area contributed by atoms with Crippen LogP contribution in [0.2, 0.25) is 0 Å². The first-order valence-corrected chi connectivity index (χ1v) is 27.7. The van der Waals surface area contributed by atoms with Crippen LogP contribution >= 0.6 is 7.37 Å². The quantitative estimate of drug-likeness (QED) is 0.104. The number of aliphatic hydroxyl groups excluding tert-OH is 1. The molecule has 1 amide bonds. The first-order valence-electron chi connectivity index (χ1n) is 25.2. The maximum absolute atomic E-state index is 14.5. The first-order chi connectivity index (χ1) is 32.4. The molecule has 0 spiro atoms. The number of hydrogen-bond acceptors (Lipinski definition) is 14. The van der Waals surface area contributed by atoms with E-state index in [-0.39, 0.29) is 60.9 Å². The topological polar surface area (TPSA) is 201 Å². The van der Waals surface area contributed by atoms with Crippen LogP contribution in [0.3, 0.4) is 0 Å². The van der Waals surface area contributed by atoms with Gasteiger partial charge in [-0.25, -0.2) is 4.79 Å². The van der Waals surface area contributed by atoms with E-state index in [2.05, 4.69) is 0 Å². The highest BCUT2D eigenvalue weighted by atomic mass is 31.2. The molecule has 3 heterocycles. The van der Waals surface area contributed by atoms with E-state index in [4.69, 9.17) is 28.2 Å². The minimum Gasteiger partial charge on any atom is -0.460 e. The van der Waals surface area contributed by atoms with Crippen molar-refractivity contribution in [2.45, 2.75) is 180 Å². The monoisotopic (exact) mass is 990 g/mol. The third-order valence-electron chi connectivity index (χ3n) is 14.8. The molecule has 0 radical (unpaired) electrons. The summed E-state index contributed by atoms with van der Waals surface area (Å²) < 4.78 is 48.2. The molecule has 390 valence electrons. The van der Waals surface area contributed by atoms with E-state index >= 15 is 0 Å². The van der Waals surface area contributed by atoms with Gasteiger partial charge in [-0.2, -0.15) is 0 Å². The highest BCUT2D eigenvalue weighted by Gasteiger charge is 2.53. The smallest absolute Gasteiger partial charge is 0.329 e. The zero-order chi connectivity index (χ0) is 51.4. The number of ketones is 3. The number of nitrogens with zero attached hydrogens (tertiary/aromatic N) is 1. The van der Waals surface area contributed by atoms with Gasteiger partial charge in [-0.1, -0.05) is 71.1 Å². The van der Waals surface area contributed by atoms with Crippen LogP contribution in [-0.4, -0.2) is 140 Å². The minimum atomic E-state index is -2.79. The van der Waals surface area contributed by atoms with Gasteiger partial charge in [0.15, 0.2) is 13.2 Å². The molecule has 4 rings (SSSR count). The highest BCUT2D eigenvalue weighted by molar-refractivity contribution is 7.57. The van der Waals surface area contributed by atoms with E-state index in [1.54, 1.807) is 54.4 Å². The molecule has 69 heavy (non-hydrogen) atoms. The molecule has 3 fully saturated rings. The Morgan fingerprint density at radius 1 is 0.855 bits per heavy atom. The number of methoxy groups -OCH3 is 3. The van der Waals surface area contributed by atoms with Crippen molar-refractivity contribution in [3.8, 4) is 0 Å². The summed E-state index contributed by atoms with van der Waals surface area (Å²) in [7, 11) is 1.76. The predicted molar refractivity (Wildman–Crippen MR) is 263 cm³/mol. The first kappa shape index (κ1) is 58.4. The van der Waals surface area contributed by atoms with Crippen molar-refractivity contribution in [3.63, 3.8) is 0 Å². The van der Waals surface area contributed by atoms with Crippen LogP contribution in [0.15, 0.2) is 47.6 Å². The van der Waals surface area contributed by atoms with E-state index in [0.717, 1.165) is 12.0 Å². The average molecular weight is 990 g/mol. The molecule has 3 aliphatic heterocycles. The second-order valence-corrected chi connectivity index (χ2v) is 23.6. The van der Waals surface area contributed by atoms with Gasteiger partial charge >= 0.3 is 5.97 Å². The number of esters is 1. The zero-order valence-electron chi connectivity index (χ0n) is 43.4. The van der Waals surface area contributed by atoms with Crippen molar-refractivity contribution in [3.05, 3.63) is 47.6 Å². The summed E-state index contributed by atoms with van der Waals surface area (Å²) in [6.45, 7) is 15.9. The highest BCUT2D eigenvalue weighted by Crippen LogP contribution is 2.45. The molecule has 0 aromatic rings. The molecule has 16 heteroatoms. The molecule has 1 saturated carbocycles. The number of amides is 1. The number of rotatable bonds is 8. The molecule has 2 saturated heterocycles. The minimum absolute atomic E-state index is 0.0117. The summed E-state index contributed by atoms with van der Waals surface area (Å²) in [6, 6.07) is -1.16. The number of ether oxygens (including phenoxy) is 5. The zero-order valence-corrected chi connectivity index (χ0v) is 44.3. The van der Waals surface area contributed by atoms with Crippen LogP contribution < -0.4 is 0 Å². The lowest BCUT2D eigenvalue weighted by Gasteiger charge is -2.42. The van der Waals surface area contributed by atoms with Crippen LogP contribution in [0.5, 0.6) is 0 Å². The molecule has 4 aliphatic rings. The molecule has 2 unspecified atom stereocenters. The summed E-state index contributed by atoms with van der Waals surface area (Å²) in [4.78, 5) is 72.2. The Morgan fingerprint density at radius 2 is 1.57 bits per heavy atom. The van der Waals surface area contributed by atoms with Crippen molar-refractivity contribution in [1.29, 1.82) is 0 Å². The lowest BCUT2D eigenvalue weighted by molar-refractivity contribution is -0.265. The van der Waals surface area contributed by atoms with Gasteiger partial charge in [-0.15, -0.1) is 0 Å². The van der Waals surface area contributed by atoms with Crippen molar-refractivity contribution >= 4 is 36.6 Å². The van der Waals surface area contributed by atoms with Crippen molar-refractivity contribution in [1.82, 2.24) is 4.90 Å². The SMILES string of the molecule is COC1C[C@@H]2CC[C@@H](C)[C@@](O)(O2)C(=O)C(=O)N2CCCC[C@H]2C(=O)O[C@H]([C@H](C)C[C@@H]2CC[C@@H](OP(C)(C)=O)[C@H](OC)C2)CC(=O)[C@H](C)/C=C(\C)[C@@H](O)C(OC)C(=O)[C@H](C)C[C@H](C)/C=C/C=C/C=C/1C. The number of aliphatic hydroxyl groups is 2. The number of cyclic esters (lactones) is 1. The van der Waals surface area contributed by atoms with E-state index in [9.17, 15) is 38.8 Å². The maximum atomic E-state index is 14.5. The lowest BCUT2D eigenvalue weighted by atomic mass is 9.78. The molecule has 15 nitrogen and oxygen atoms in total. The Morgan fingerprint density at radius 3 is 2.22 bits per heavy atom. The second-order valence-electron chi connectivity index (χ2n) is 20.9. The van der Waals surface area contributed by atoms with Gasteiger partial charge in [0.25, 0.3) is 11.7 Å². The lowest BCUT2D eigenvalue weighted by Crippen LogP contribution is -2.61. The summed E-state index contributed by atoms with van der Waals surface area (Å²) in [5.74, 6) is -8.11. The van der Waals surface area contributed by atoms with E-state index in [0.29, 0.717) is 63.4 Å². The number of carbonyl (C=O) groups excluding carboxylic acids is 5. The molecule has 2 N–H and O–H groups in total. The van der Waals surface area contributed by atoms with Gasteiger partial charge < -0.3 is 43.3 Å². The van der Waals surface area contributed by atoms with Gasteiger partial charge in [0.05, 0.1) is 24.4 Å². The average Bonchev–Trinajstić information content (AvgIpc) is 3.30. The standard InChI is InChI=1S/C53H84NO14P/c1-32-18-14-13-15-19-33(2)44(63-8)30-40-23-21-38(7)53(61,67-40)50(58)51(59)54-25-17-16-20-41(54)52(60)66-45(35(4)28-39-22-24-43(46(29-39)64-9)68-69(11,12)62)31-42(55)34(3)27-37(6)48(57)49(65-10)47(56)36(5)26-32/h13-15,18-19,27,32,34-36,38-41,43-46,48-49,57,61H,16-17,20-26,28-31H2,1-12H3/b15-13+,18-14+,33-19+,37-27+/t32-,34-,35-,36-,38-,39+,40+,41+,43-,44?,45+,46-,48-,49?,53-/m1/s1. The number of hydrogen-bond donors (Lipinski definition) is 2. The summed E-state index contributed by atoms with van der Waals surface area (Å²) in [5.41, 5.74) is 1.25. The number of fused-ring (bicyclic) bond motifs is 3. The van der Waals surface area contributed by atoms with E-state index in [1.807, 2.05) is 58.1 Å². The fourth-order valence-corrected chi connectivity index (χ4v) is 11.4. The fraction of sp³-hybridized carbons (Fsp3) is 0.755. The Labute approximate surface area is 411 Å². The van der Waals surface area contributed by atoms with Gasteiger partial charge in [-0.05, 0) is 107 Å². The molecular weight excluding hydrogens is 906 g/mol. The van der Waals surface area contributed by atoms with Crippen molar-refractivity contribution in [2.75, 3.05) is 41.2 Å². The molecule has 2 bridgehead atoms. The Kier molecular flexibility index (Phi) is 22.5. The molecule has 0 aromatic carbocycles. The van der Waals surface area contributed by atoms with Crippen LogP contribution in [0.25, 0.3) is 0 Å². The summed E-state index contributed by atoms with van der Waals surface area (Å²) in [6.07, 6.45) is 11.4. The Hall–Kier alpha value is -3.14. The largest absolute Gasteiger partial charge is 0.460 e. The predicted octanol–water partition coefficient (Wildman–Crippen LogP) is 7.74. The maximum Gasteiger partial charge on any atom is 0.329 e. The van der Waals surface area contributed by atoms with Gasteiger partial charge in [0, 0.05) is 71.8 Å². The van der Waals surface area contributed by atoms with Gasteiger partial charge in [-0.3, -0.25) is 23.7 Å². The van der Waals surface area contributed by atoms with Gasteiger partial charge in [0.2, 0.25) is 5.79 Å². The second kappa shape index (κ2) is 26.5. The van der Waals surface area contributed by atoms with Crippen molar-refractivity contribution in [2.24, 2.45) is 35.5 Å². The molecular formula is C53H84NO14P. The Balaban J connectivity index is 1.70. The van der Waals surface area contributed by atoms with Crippen molar-refractivity contribution < 1.29 is 67.0 Å². The van der Waals surface area contributed by atoms with Gasteiger partial charge in [0.1, 0.15) is 30.1 Å². The summed E-state index contributed by atoms with van der Waals surface area (Å²) in [5, 5.41) is 23.5. The van der Waals surface area contributed by atoms with E-state index < -0.39 is 85.1 Å². The number of Topliss-reactive ketones (excluding diaryl/α,β-unsaturated/α-hetero) is 3. The summed E-state index contributed by atoms with van der Waals surface area (Å²) >= 11 is 0. The van der Waals surface area contributed by atoms with Crippen LogP contribution in [0.1, 0.15) is 126 Å². The van der Waals surface area contributed by atoms with E-state index in [1.165, 1.54) is 12.0 Å². The Bertz CT molecular complexity index is 1940. The molecule has 0 aromatic heterocycles. The van der Waals surface area contributed by atoms with Crippen LogP contribution in [0.4, 0.5) is 0 Å². The number of allylic oxidation sites excluding steroid dienone is 6. The van der Waals surface area contributed by atoms with Crippen LogP contribution in [0, 0.1) is 35.5 Å². The van der Waals surface area contributed by atoms with Crippen LogP contribution in [-0.2, 0) is 56.7 Å². The fourth-order valence-electron chi connectivity index (χ4n) is 10.5. The third-order valence-corrected chi connectivity index (χ3v) is 15.6.